The number of fused-ring (bicyclic) bond motifs is 1. The molecule has 148 valence electrons. The van der Waals surface area contributed by atoms with E-state index in [0.29, 0.717) is 34.2 Å². The van der Waals surface area contributed by atoms with Crippen LogP contribution in [0.3, 0.4) is 0 Å². The van der Waals surface area contributed by atoms with E-state index in [2.05, 4.69) is 9.88 Å². The van der Waals surface area contributed by atoms with Gasteiger partial charge in [-0.1, -0.05) is 29.3 Å². The van der Waals surface area contributed by atoms with Crippen LogP contribution in [-0.2, 0) is 6.54 Å². The van der Waals surface area contributed by atoms with Gasteiger partial charge in [-0.2, -0.15) is 0 Å². The smallest absolute Gasteiger partial charge is 0.335 e. The third-order valence-corrected chi connectivity index (χ3v) is 5.57. The summed E-state index contributed by atoms with van der Waals surface area (Å²) in [6.07, 6.45) is 0.801. The van der Waals surface area contributed by atoms with Crippen LogP contribution in [0.2, 0.25) is 10.0 Å². The maximum absolute atomic E-state index is 12.5. The lowest BCUT2D eigenvalue weighted by Crippen LogP contribution is -2.26. The molecule has 1 aromatic heterocycles. The summed E-state index contributed by atoms with van der Waals surface area (Å²) in [4.78, 5) is 28.8. The van der Waals surface area contributed by atoms with Crippen LogP contribution >= 0.6 is 35.6 Å². The first kappa shape index (κ1) is 20.7. The van der Waals surface area contributed by atoms with Gasteiger partial charge in [0, 0.05) is 29.7 Å². The number of carbonyl (C=O) groups is 1. The molecule has 1 aliphatic rings. The van der Waals surface area contributed by atoms with Gasteiger partial charge in [-0.25, -0.2) is 9.59 Å². The number of aromatic nitrogens is 2. The van der Waals surface area contributed by atoms with Crippen LogP contribution in [-0.4, -0.2) is 38.6 Å². The van der Waals surface area contributed by atoms with Gasteiger partial charge in [-0.15, -0.1) is 12.4 Å². The van der Waals surface area contributed by atoms with Gasteiger partial charge in [-0.3, -0.25) is 9.47 Å². The Kier molecular flexibility index (Phi) is 6.05. The van der Waals surface area contributed by atoms with Crippen molar-refractivity contribution in [1.29, 1.82) is 0 Å². The van der Waals surface area contributed by atoms with E-state index in [1.807, 2.05) is 12.1 Å². The SMILES string of the molecule is Cl.O=C(O)c1ccc2[nH]c(=O)n([C@@H]3CCN(Cc4ccc(Cl)cc4Cl)C3)c2c1. The van der Waals surface area contributed by atoms with Crippen molar-refractivity contribution in [3.8, 4) is 0 Å². The molecule has 0 radical (unpaired) electrons. The highest BCUT2D eigenvalue weighted by Crippen LogP contribution is 2.28. The number of carboxylic acid groups (broad SMARTS) is 1. The van der Waals surface area contributed by atoms with E-state index in [1.165, 1.54) is 6.07 Å². The highest BCUT2D eigenvalue weighted by atomic mass is 35.5. The van der Waals surface area contributed by atoms with Crippen molar-refractivity contribution in [2.45, 2.75) is 19.0 Å². The van der Waals surface area contributed by atoms with Crippen LogP contribution in [0.15, 0.2) is 41.2 Å². The Morgan fingerprint density at radius 2 is 2.00 bits per heavy atom. The summed E-state index contributed by atoms with van der Waals surface area (Å²) >= 11 is 12.2. The molecule has 1 saturated heterocycles. The maximum atomic E-state index is 12.5. The normalized spacial score (nSPS) is 17.0. The summed E-state index contributed by atoms with van der Waals surface area (Å²) in [7, 11) is 0. The van der Waals surface area contributed by atoms with E-state index in [0.717, 1.165) is 18.5 Å². The molecule has 2 aromatic carbocycles. The average Bonchev–Trinajstić information content (AvgIpc) is 3.19. The quantitative estimate of drug-likeness (QED) is 0.634. The minimum atomic E-state index is -1.01. The van der Waals surface area contributed by atoms with E-state index in [1.54, 1.807) is 22.8 Å². The topological polar surface area (TPSA) is 78.3 Å². The second kappa shape index (κ2) is 8.17. The second-order valence-electron chi connectivity index (χ2n) is 6.75. The third-order valence-electron chi connectivity index (χ3n) is 4.99. The number of nitrogens with zero attached hydrogens (tertiary/aromatic N) is 2. The lowest BCUT2D eigenvalue weighted by Gasteiger charge is -2.17. The Hall–Kier alpha value is -1.99. The molecule has 0 amide bonds. The number of imidazole rings is 1. The molecule has 4 rings (SSSR count). The Bertz CT molecular complexity index is 1090. The summed E-state index contributed by atoms with van der Waals surface area (Å²) < 4.78 is 1.67. The largest absolute Gasteiger partial charge is 0.478 e. The summed E-state index contributed by atoms with van der Waals surface area (Å²) in [5, 5.41) is 10.5. The maximum Gasteiger partial charge on any atom is 0.335 e. The first-order valence-electron chi connectivity index (χ1n) is 8.56. The zero-order valence-electron chi connectivity index (χ0n) is 14.7. The average molecular weight is 443 g/mol. The third kappa shape index (κ3) is 3.91. The number of halogens is 3. The summed E-state index contributed by atoms with van der Waals surface area (Å²) in [5.41, 5.74) is 2.20. The standard InChI is InChI=1S/C19H17Cl2N3O3.ClH/c20-13-3-1-12(15(21)8-13)9-23-6-5-14(10-23)24-17-7-11(18(25)26)2-4-16(17)22-19(24)27;/h1-4,7-8,14H,5-6,9-10H2,(H,22,27)(H,25,26);1H/t14-;/m1./s1. The van der Waals surface area contributed by atoms with Crippen molar-refractivity contribution in [2.24, 2.45) is 0 Å². The fourth-order valence-electron chi connectivity index (χ4n) is 3.67. The van der Waals surface area contributed by atoms with Gasteiger partial charge >= 0.3 is 11.7 Å². The molecule has 28 heavy (non-hydrogen) atoms. The zero-order chi connectivity index (χ0) is 19.1. The summed E-state index contributed by atoms with van der Waals surface area (Å²) in [6, 6.07) is 10.1. The molecule has 0 unspecified atom stereocenters. The van der Waals surface area contributed by atoms with Crippen LogP contribution < -0.4 is 5.69 Å². The molecule has 0 spiro atoms. The summed E-state index contributed by atoms with van der Waals surface area (Å²) in [6.45, 7) is 2.18. The Labute approximate surface area is 177 Å². The molecule has 6 nitrogen and oxygen atoms in total. The fourth-order valence-corrected chi connectivity index (χ4v) is 4.14. The number of benzene rings is 2. The Morgan fingerprint density at radius 1 is 1.21 bits per heavy atom. The minimum absolute atomic E-state index is 0. The first-order valence-corrected chi connectivity index (χ1v) is 9.32. The Balaban J connectivity index is 0.00000225. The number of hydrogen-bond acceptors (Lipinski definition) is 3. The second-order valence-corrected chi connectivity index (χ2v) is 7.59. The van der Waals surface area contributed by atoms with E-state index in [-0.39, 0.29) is 29.7 Å². The summed E-state index contributed by atoms with van der Waals surface area (Å²) in [5.74, 6) is -1.01. The monoisotopic (exact) mass is 441 g/mol. The van der Waals surface area contributed by atoms with Crippen LogP contribution in [0, 0.1) is 0 Å². The predicted molar refractivity (Wildman–Crippen MR) is 112 cm³/mol. The molecule has 2 heterocycles. The number of nitrogens with one attached hydrogen (secondary N) is 1. The lowest BCUT2D eigenvalue weighted by atomic mass is 10.2. The number of aromatic carboxylic acids is 1. The molecular weight excluding hydrogens is 425 g/mol. The molecular formula is C19H18Cl3N3O3. The molecule has 0 saturated carbocycles. The number of likely N-dealkylation sites (tertiary alicyclic amines) is 1. The zero-order valence-corrected chi connectivity index (χ0v) is 17.0. The molecule has 1 aliphatic heterocycles. The van der Waals surface area contributed by atoms with E-state index in [4.69, 9.17) is 23.2 Å². The number of H-pyrrole nitrogens is 1. The number of aromatic amines is 1. The van der Waals surface area contributed by atoms with E-state index < -0.39 is 5.97 Å². The van der Waals surface area contributed by atoms with Crippen LogP contribution in [0.25, 0.3) is 11.0 Å². The van der Waals surface area contributed by atoms with Crippen molar-refractivity contribution >= 4 is 52.6 Å². The van der Waals surface area contributed by atoms with Gasteiger partial charge in [-0.05, 0) is 42.3 Å². The van der Waals surface area contributed by atoms with Crippen molar-refractivity contribution < 1.29 is 9.90 Å². The van der Waals surface area contributed by atoms with Crippen molar-refractivity contribution in [3.63, 3.8) is 0 Å². The molecule has 1 fully saturated rings. The lowest BCUT2D eigenvalue weighted by molar-refractivity contribution is 0.0697. The van der Waals surface area contributed by atoms with Gasteiger partial charge in [0.1, 0.15) is 0 Å². The molecule has 9 heteroatoms. The number of hydrogen-bond donors (Lipinski definition) is 2. The van der Waals surface area contributed by atoms with Crippen molar-refractivity contribution in [1.82, 2.24) is 14.5 Å². The molecule has 3 aromatic rings. The number of rotatable bonds is 4. The minimum Gasteiger partial charge on any atom is -0.478 e. The van der Waals surface area contributed by atoms with Crippen LogP contribution in [0.1, 0.15) is 28.4 Å². The van der Waals surface area contributed by atoms with Gasteiger partial charge in [0.25, 0.3) is 0 Å². The van der Waals surface area contributed by atoms with Crippen molar-refractivity contribution in [2.75, 3.05) is 13.1 Å². The fraction of sp³-hybridized carbons (Fsp3) is 0.263. The van der Waals surface area contributed by atoms with E-state index in [9.17, 15) is 14.7 Å². The first-order chi connectivity index (χ1) is 12.9. The molecule has 0 aliphatic carbocycles. The molecule has 2 N–H and O–H groups in total. The van der Waals surface area contributed by atoms with Crippen molar-refractivity contribution in [3.05, 3.63) is 68.1 Å². The highest BCUT2D eigenvalue weighted by Gasteiger charge is 2.27. The van der Waals surface area contributed by atoms with Gasteiger partial charge in [0.15, 0.2) is 0 Å². The Morgan fingerprint density at radius 3 is 2.71 bits per heavy atom. The van der Waals surface area contributed by atoms with E-state index >= 15 is 0 Å². The van der Waals surface area contributed by atoms with Gasteiger partial charge in [0.2, 0.25) is 0 Å². The van der Waals surface area contributed by atoms with Crippen LogP contribution in [0.5, 0.6) is 0 Å². The number of carboxylic acids is 1. The molecule has 0 bridgehead atoms. The highest BCUT2D eigenvalue weighted by molar-refractivity contribution is 6.35. The molecule has 1 atom stereocenters. The predicted octanol–water partition coefficient (Wildman–Crippen LogP) is 4.20. The van der Waals surface area contributed by atoms with Gasteiger partial charge < -0.3 is 10.1 Å². The van der Waals surface area contributed by atoms with Crippen LogP contribution in [0.4, 0.5) is 0 Å². The van der Waals surface area contributed by atoms with Gasteiger partial charge in [0.05, 0.1) is 22.6 Å².